The summed E-state index contributed by atoms with van der Waals surface area (Å²) in [4.78, 5) is 0. The number of phenolic OH excluding ortho intramolecular Hbond substituents is 2. The lowest BCUT2D eigenvalue weighted by Gasteiger charge is -2.33. The normalized spacial score (nSPS) is 20.8. The van der Waals surface area contributed by atoms with E-state index in [9.17, 15) is 14.6 Å². The van der Waals surface area contributed by atoms with Crippen LogP contribution in [0.25, 0.3) is 0 Å². The SMILES string of the molecule is CCC1(c2ccc(O)c(F)c2Cl)CCCc2cc(O)ccc2C1. The molecule has 2 aromatic carbocycles. The van der Waals surface area contributed by atoms with Crippen molar-refractivity contribution in [1.29, 1.82) is 0 Å². The van der Waals surface area contributed by atoms with Crippen LogP contribution in [0.5, 0.6) is 11.5 Å². The zero-order valence-corrected chi connectivity index (χ0v) is 13.8. The van der Waals surface area contributed by atoms with Gasteiger partial charge < -0.3 is 10.2 Å². The van der Waals surface area contributed by atoms with Crippen LogP contribution in [0.3, 0.4) is 0 Å². The van der Waals surface area contributed by atoms with Crippen molar-refractivity contribution in [2.45, 2.75) is 44.4 Å². The van der Waals surface area contributed by atoms with Crippen molar-refractivity contribution in [2.24, 2.45) is 0 Å². The summed E-state index contributed by atoms with van der Waals surface area (Å²) < 4.78 is 14.1. The molecular formula is C19H20ClFO2. The molecule has 23 heavy (non-hydrogen) atoms. The van der Waals surface area contributed by atoms with Crippen LogP contribution in [0, 0.1) is 5.82 Å². The fourth-order valence-electron chi connectivity index (χ4n) is 3.76. The van der Waals surface area contributed by atoms with Crippen LogP contribution in [0.15, 0.2) is 30.3 Å². The average Bonchev–Trinajstić information content (AvgIpc) is 2.72. The van der Waals surface area contributed by atoms with Gasteiger partial charge in [-0.05, 0) is 67.0 Å². The number of halogens is 2. The number of phenols is 2. The Balaban J connectivity index is 2.11. The highest BCUT2D eigenvalue weighted by Crippen LogP contribution is 2.45. The Morgan fingerprint density at radius 3 is 2.70 bits per heavy atom. The summed E-state index contributed by atoms with van der Waals surface area (Å²) in [5.41, 5.74) is 2.83. The Morgan fingerprint density at radius 1 is 1.17 bits per heavy atom. The summed E-state index contributed by atoms with van der Waals surface area (Å²) in [6.45, 7) is 2.09. The third-order valence-electron chi connectivity index (χ3n) is 5.13. The predicted octanol–water partition coefficient (Wildman–Crippen LogP) is 5.12. The molecule has 2 aromatic rings. The molecule has 0 spiro atoms. The monoisotopic (exact) mass is 334 g/mol. The smallest absolute Gasteiger partial charge is 0.183 e. The minimum absolute atomic E-state index is 0.0223. The van der Waals surface area contributed by atoms with E-state index in [4.69, 9.17) is 11.6 Å². The lowest BCUT2D eigenvalue weighted by Crippen LogP contribution is -2.28. The van der Waals surface area contributed by atoms with Gasteiger partial charge in [0.2, 0.25) is 0 Å². The molecule has 0 saturated carbocycles. The van der Waals surface area contributed by atoms with E-state index in [0.29, 0.717) is 0 Å². The molecule has 4 heteroatoms. The first kappa shape index (κ1) is 16.1. The molecule has 0 heterocycles. The van der Waals surface area contributed by atoms with Crippen LogP contribution in [-0.2, 0) is 18.3 Å². The van der Waals surface area contributed by atoms with Crippen LogP contribution in [0.2, 0.25) is 5.02 Å². The molecule has 1 unspecified atom stereocenters. The predicted molar refractivity (Wildman–Crippen MR) is 89.8 cm³/mol. The van der Waals surface area contributed by atoms with Crippen molar-refractivity contribution in [1.82, 2.24) is 0 Å². The molecular weight excluding hydrogens is 315 g/mol. The molecule has 2 N–H and O–H groups in total. The van der Waals surface area contributed by atoms with Gasteiger partial charge in [0.1, 0.15) is 5.75 Å². The Labute approximate surface area is 140 Å². The lowest BCUT2D eigenvalue weighted by atomic mass is 9.71. The second-order valence-corrected chi connectivity index (χ2v) is 6.76. The number of aromatic hydroxyl groups is 2. The number of hydrogen-bond donors (Lipinski definition) is 2. The van der Waals surface area contributed by atoms with E-state index >= 15 is 0 Å². The molecule has 1 aliphatic rings. The number of hydrogen-bond acceptors (Lipinski definition) is 2. The second-order valence-electron chi connectivity index (χ2n) is 6.38. The molecule has 0 amide bonds. The van der Waals surface area contributed by atoms with Gasteiger partial charge in [0.15, 0.2) is 11.6 Å². The van der Waals surface area contributed by atoms with Gasteiger partial charge in [-0.15, -0.1) is 0 Å². The molecule has 3 rings (SSSR count). The first-order valence-electron chi connectivity index (χ1n) is 7.95. The first-order valence-corrected chi connectivity index (χ1v) is 8.33. The van der Waals surface area contributed by atoms with Gasteiger partial charge in [0, 0.05) is 5.41 Å². The first-order chi connectivity index (χ1) is 11.0. The zero-order valence-electron chi connectivity index (χ0n) is 13.1. The van der Waals surface area contributed by atoms with Gasteiger partial charge >= 0.3 is 0 Å². The van der Waals surface area contributed by atoms with Crippen molar-refractivity contribution in [3.05, 3.63) is 57.9 Å². The zero-order chi connectivity index (χ0) is 16.6. The van der Waals surface area contributed by atoms with Gasteiger partial charge in [-0.25, -0.2) is 4.39 Å². The molecule has 0 saturated heterocycles. The van der Waals surface area contributed by atoms with Crippen molar-refractivity contribution >= 4 is 11.6 Å². The number of aryl methyl sites for hydroxylation is 1. The van der Waals surface area contributed by atoms with E-state index in [-0.39, 0.29) is 16.2 Å². The average molecular weight is 335 g/mol. The molecule has 122 valence electrons. The Kier molecular flexibility index (Phi) is 4.24. The van der Waals surface area contributed by atoms with Gasteiger partial charge in [0.25, 0.3) is 0 Å². The maximum absolute atomic E-state index is 14.1. The van der Waals surface area contributed by atoms with E-state index in [0.717, 1.165) is 43.2 Å². The largest absolute Gasteiger partial charge is 0.508 e. The van der Waals surface area contributed by atoms with Crippen molar-refractivity contribution in [2.75, 3.05) is 0 Å². The standard InChI is InChI=1S/C19H20ClFO2/c1-2-19(15-7-8-16(23)18(21)17(15)20)9-3-4-12-10-14(22)6-5-13(12)11-19/h5-8,10,22-23H,2-4,9,11H2,1H3. The van der Waals surface area contributed by atoms with Crippen LogP contribution in [-0.4, -0.2) is 10.2 Å². The molecule has 1 aliphatic carbocycles. The van der Waals surface area contributed by atoms with E-state index < -0.39 is 11.6 Å². The topological polar surface area (TPSA) is 40.5 Å². The summed E-state index contributed by atoms with van der Waals surface area (Å²) in [6, 6.07) is 8.60. The van der Waals surface area contributed by atoms with Gasteiger partial charge in [-0.2, -0.15) is 0 Å². The second kappa shape index (κ2) is 6.04. The summed E-state index contributed by atoms with van der Waals surface area (Å²) in [5.74, 6) is -0.877. The highest BCUT2D eigenvalue weighted by atomic mass is 35.5. The molecule has 0 fully saturated rings. The molecule has 2 nitrogen and oxygen atoms in total. The van der Waals surface area contributed by atoms with E-state index in [1.165, 1.54) is 11.6 Å². The molecule has 0 aliphatic heterocycles. The molecule has 0 bridgehead atoms. The maximum Gasteiger partial charge on any atom is 0.183 e. The molecule has 0 aromatic heterocycles. The van der Waals surface area contributed by atoms with Crippen LogP contribution < -0.4 is 0 Å². The van der Waals surface area contributed by atoms with E-state index in [2.05, 4.69) is 6.92 Å². The Bertz CT molecular complexity index is 744. The third kappa shape index (κ3) is 2.78. The van der Waals surface area contributed by atoms with Crippen LogP contribution in [0.4, 0.5) is 4.39 Å². The summed E-state index contributed by atoms with van der Waals surface area (Å²) in [5, 5.41) is 19.3. The van der Waals surface area contributed by atoms with Crippen molar-refractivity contribution in [3.63, 3.8) is 0 Å². The Morgan fingerprint density at radius 2 is 1.96 bits per heavy atom. The minimum atomic E-state index is -0.743. The molecule has 1 atom stereocenters. The summed E-state index contributed by atoms with van der Waals surface area (Å²) in [6.07, 6.45) is 4.32. The van der Waals surface area contributed by atoms with Crippen LogP contribution >= 0.6 is 11.6 Å². The van der Waals surface area contributed by atoms with Gasteiger partial charge in [-0.1, -0.05) is 30.7 Å². The lowest BCUT2D eigenvalue weighted by molar-refractivity contribution is 0.370. The van der Waals surface area contributed by atoms with Gasteiger partial charge in [-0.3, -0.25) is 0 Å². The highest BCUT2D eigenvalue weighted by Gasteiger charge is 2.36. The molecule has 0 radical (unpaired) electrons. The number of fused-ring (bicyclic) bond motifs is 1. The number of benzene rings is 2. The van der Waals surface area contributed by atoms with Gasteiger partial charge in [0.05, 0.1) is 5.02 Å². The third-order valence-corrected chi connectivity index (χ3v) is 5.50. The minimum Gasteiger partial charge on any atom is -0.508 e. The fraction of sp³-hybridized carbons (Fsp3) is 0.368. The van der Waals surface area contributed by atoms with E-state index in [1.807, 2.05) is 12.1 Å². The van der Waals surface area contributed by atoms with E-state index in [1.54, 1.807) is 12.1 Å². The maximum atomic E-state index is 14.1. The highest BCUT2D eigenvalue weighted by molar-refractivity contribution is 6.31. The summed E-state index contributed by atoms with van der Waals surface area (Å²) >= 11 is 6.23. The number of rotatable bonds is 2. The van der Waals surface area contributed by atoms with Crippen LogP contribution in [0.1, 0.15) is 42.9 Å². The quantitative estimate of drug-likeness (QED) is 0.748. The van der Waals surface area contributed by atoms with Crippen molar-refractivity contribution in [3.8, 4) is 11.5 Å². The Hall–Kier alpha value is -1.74. The summed E-state index contributed by atoms with van der Waals surface area (Å²) in [7, 11) is 0. The fourth-order valence-corrected chi connectivity index (χ4v) is 4.12. The van der Waals surface area contributed by atoms with Crippen molar-refractivity contribution < 1.29 is 14.6 Å².